The Morgan fingerprint density at radius 2 is 1.48 bits per heavy atom. The second-order valence-corrected chi connectivity index (χ2v) is 9.42. The summed E-state index contributed by atoms with van der Waals surface area (Å²) in [6, 6.07) is 34.2. The summed E-state index contributed by atoms with van der Waals surface area (Å²) >= 11 is 3.57. The standard InChI is InChI=1S/C30H26BrNO/c1-21-8-10-23(11-9-21)19-32-29-17-16-27(33-20-24-6-4-3-5-7-24)18-28(29)22(2)30(32)25-12-14-26(31)15-13-25/h3-18H,19-20H2,1-2H3. The number of ether oxygens (including phenoxy) is 1. The van der Waals surface area contributed by atoms with E-state index in [4.69, 9.17) is 4.74 Å². The molecular weight excluding hydrogens is 470 g/mol. The van der Waals surface area contributed by atoms with Crippen LogP contribution >= 0.6 is 15.9 Å². The summed E-state index contributed by atoms with van der Waals surface area (Å²) in [7, 11) is 0. The first-order chi connectivity index (χ1) is 16.1. The van der Waals surface area contributed by atoms with Gasteiger partial charge in [0.25, 0.3) is 0 Å². The van der Waals surface area contributed by atoms with Crippen LogP contribution in [0.5, 0.6) is 5.75 Å². The van der Waals surface area contributed by atoms with Gasteiger partial charge in [0.1, 0.15) is 12.4 Å². The molecule has 5 rings (SSSR count). The van der Waals surface area contributed by atoms with E-state index in [1.165, 1.54) is 44.4 Å². The van der Waals surface area contributed by atoms with E-state index < -0.39 is 0 Å². The third-order valence-corrected chi connectivity index (χ3v) is 6.64. The number of rotatable bonds is 6. The van der Waals surface area contributed by atoms with Gasteiger partial charge in [0.15, 0.2) is 0 Å². The van der Waals surface area contributed by atoms with Crippen molar-refractivity contribution in [2.45, 2.75) is 27.0 Å². The average Bonchev–Trinajstić information content (AvgIpc) is 3.11. The van der Waals surface area contributed by atoms with Crippen molar-refractivity contribution in [3.63, 3.8) is 0 Å². The second-order valence-electron chi connectivity index (χ2n) is 8.51. The van der Waals surface area contributed by atoms with Gasteiger partial charge in [-0.15, -0.1) is 0 Å². The van der Waals surface area contributed by atoms with Crippen LogP contribution in [0.1, 0.15) is 22.3 Å². The van der Waals surface area contributed by atoms with Crippen LogP contribution in [-0.4, -0.2) is 4.57 Å². The second kappa shape index (κ2) is 9.29. The van der Waals surface area contributed by atoms with Crippen LogP contribution in [-0.2, 0) is 13.2 Å². The normalized spacial score (nSPS) is 11.1. The van der Waals surface area contributed by atoms with Gasteiger partial charge in [-0.05, 0) is 66.4 Å². The Morgan fingerprint density at radius 1 is 0.758 bits per heavy atom. The highest BCUT2D eigenvalue weighted by Gasteiger charge is 2.17. The van der Waals surface area contributed by atoms with Gasteiger partial charge in [-0.2, -0.15) is 0 Å². The van der Waals surface area contributed by atoms with Crippen molar-refractivity contribution >= 4 is 26.8 Å². The van der Waals surface area contributed by atoms with Crippen molar-refractivity contribution in [1.82, 2.24) is 4.57 Å². The van der Waals surface area contributed by atoms with E-state index in [2.05, 4.69) is 113 Å². The van der Waals surface area contributed by atoms with Gasteiger partial charge >= 0.3 is 0 Å². The van der Waals surface area contributed by atoms with E-state index in [0.29, 0.717) is 6.61 Å². The highest BCUT2D eigenvalue weighted by atomic mass is 79.9. The molecule has 0 N–H and O–H groups in total. The first-order valence-corrected chi connectivity index (χ1v) is 12.0. The molecule has 0 aliphatic heterocycles. The molecule has 33 heavy (non-hydrogen) atoms. The van der Waals surface area contributed by atoms with Crippen molar-refractivity contribution in [3.05, 3.63) is 124 Å². The maximum absolute atomic E-state index is 6.14. The highest BCUT2D eigenvalue weighted by Crippen LogP contribution is 2.36. The van der Waals surface area contributed by atoms with E-state index in [0.717, 1.165) is 16.8 Å². The maximum atomic E-state index is 6.14. The van der Waals surface area contributed by atoms with E-state index >= 15 is 0 Å². The summed E-state index contributed by atoms with van der Waals surface area (Å²) in [6.45, 7) is 5.73. The van der Waals surface area contributed by atoms with Gasteiger partial charge in [0, 0.05) is 21.9 Å². The Hall–Kier alpha value is -3.30. The van der Waals surface area contributed by atoms with Gasteiger partial charge in [-0.1, -0.05) is 88.2 Å². The molecule has 2 nitrogen and oxygen atoms in total. The van der Waals surface area contributed by atoms with Crippen LogP contribution in [0.2, 0.25) is 0 Å². The van der Waals surface area contributed by atoms with E-state index in [1.807, 2.05) is 18.2 Å². The van der Waals surface area contributed by atoms with Crippen molar-refractivity contribution in [3.8, 4) is 17.0 Å². The minimum atomic E-state index is 0.565. The molecule has 0 radical (unpaired) electrons. The summed E-state index contributed by atoms with van der Waals surface area (Å²) < 4.78 is 9.66. The first kappa shape index (κ1) is 21.5. The number of hydrogen-bond acceptors (Lipinski definition) is 1. The van der Waals surface area contributed by atoms with Gasteiger partial charge in [0.05, 0.1) is 5.69 Å². The van der Waals surface area contributed by atoms with Gasteiger partial charge in [-0.3, -0.25) is 0 Å². The highest BCUT2D eigenvalue weighted by molar-refractivity contribution is 9.10. The monoisotopic (exact) mass is 495 g/mol. The molecule has 0 fully saturated rings. The van der Waals surface area contributed by atoms with Crippen LogP contribution in [0.3, 0.4) is 0 Å². The Labute approximate surface area is 203 Å². The Morgan fingerprint density at radius 3 is 2.21 bits per heavy atom. The number of hydrogen-bond donors (Lipinski definition) is 0. The van der Waals surface area contributed by atoms with Crippen LogP contribution < -0.4 is 4.74 Å². The Kier molecular flexibility index (Phi) is 6.06. The fraction of sp³-hybridized carbons (Fsp3) is 0.133. The molecule has 1 heterocycles. The number of nitrogens with zero attached hydrogens (tertiary/aromatic N) is 1. The SMILES string of the molecule is Cc1ccc(Cn2c(-c3ccc(Br)cc3)c(C)c3cc(OCc4ccccc4)ccc32)cc1. The van der Waals surface area contributed by atoms with Gasteiger partial charge < -0.3 is 9.30 Å². The van der Waals surface area contributed by atoms with Crippen molar-refractivity contribution in [2.75, 3.05) is 0 Å². The number of aryl methyl sites for hydroxylation is 2. The molecule has 3 heteroatoms. The fourth-order valence-corrected chi connectivity index (χ4v) is 4.62. The molecule has 0 saturated carbocycles. The van der Waals surface area contributed by atoms with Crippen LogP contribution in [0.4, 0.5) is 0 Å². The number of fused-ring (bicyclic) bond motifs is 1. The number of aromatic nitrogens is 1. The molecule has 0 aliphatic rings. The smallest absolute Gasteiger partial charge is 0.120 e. The van der Waals surface area contributed by atoms with Crippen molar-refractivity contribution in [1.29, 1.82) is 0 Å². The van der Waals surface area contributed by atoms with Crippen LogP contribution in [0.15, 0.2) is 102 Å². The lowest BCUT2D eigenvalue weighted by Gasteiger charge is -2.13. The third-order valence-electron chi connectivity index (χ3n) is 6.12. The molecule has 4 aromatic carbocycles. The van der Waals surface area contributed by atoms with Gasteiger partial charge in [0.2, 0.25) is 0 Å². The lowest BCUT2D eigenvalue weighted by atomic mass is 10.1. The average molecular weight is 496 g/mol. The van der Waals surface area contributed by atoms with E-state index in [9.17, 15) is 0 Å². The minimum absolute atomic E-state index is 0.565. The number of benzene rings is 4. The topological polar surface area (TPSA) is 14.2 Å². The predicted octanol–water partition coefficient (Wildman–Crippen LogP) is 8.31. The molecule has 0 saturated heterocycles. The Balaban J connectivity index is 1.58. The summed E-state index contributed by atoms with van der Waals surface area (Å²) in [5, 5.41) is 1.23. The molecule has 0 unspecified atom stereocenters. The largest absolute Gasteiger partial charge is 0.489 e. The van der Waals surface area contributed by atoms with E-state index in [1.54, 1.807) is 0 Å². The van der Waals surface area contributed by atoms with Gasteiger partial charge in [-0.25, -0.2) is 0 Å². The molecule has 0 aliphatic carbocycles. The molecule has 0 spiro atoms. The molecule has 0 atom stereocenters. The maximum Gasteiger partial charge on any atom is 0.120 e. The lowest BCUT2D eigenvalue weighted by Crippen LogP contribution is -2.02. The van der Waals surface area contributed by atoms with Crippen molar-refractivity contribution in [2.24, 2.45) is 0 Å². The zero-order valence-electron chi connectivity index (χ0n) is 18.9. The molecule has 0 bridgehead atoms. The fourth-order valence-electron chi connectivity index (χ4n) is 4.35. The quantitative estimate of drug-likeness (QED) is 0.231. The molecule has 5 aromatic rings. The Bertz CT molecular complexity index is 1380. The molecule has 164 valence electrons. The molecular formula is C30H26BrNO. The summed E-state index contributed by atoms with van der Waals surface area (Å²) in [4.78, 5) is 0. The zero-order chi connectivity index (χ0) is 22.8. The van der Waals surface area contributed by atoms with Crippen LogP contribution in [0.25, 0.3) is 22.2 Å². The number of halogens is 1. The van der Waals surface area contributed by atoms with Crippen LogP contribution in [0, 0.1) is 13.8 Å². The lowest BCUT2D eigenvalue weighted by molar-refractivity contribution is 0.306. The summed E-state index contributed by atoms with van der Waals surface area (Å²) in [5.41, 5.74) is 8.69. The third kappa shape index (κ3) is 4.60. The van der Waals surface area contributed by atoms with Crippen molar-refractivity contribution < 1.29 is 4.74 Å². The molecule has 1 aromatic heterocycles. The zero-order valence-corrected chi connectivity index (χ0v) is 20.5. The minimum Gasteiger partial charge on any atom is -0.489 e. The first-order valence-electron chi connectivity index (χ1n) is 11.2. The van der Waals surface area contributed by atoms with E-state index in [-0.39, 0.29) is 0 Å². The summed E-state index contributed by atoms with van der Waals surface area (Å²) in [6.07, 6.45) is 0. The summed E-state index contributed by atoms with van der Waals surface area (Å²) in [5.74, 6) is 0.893. The predicted molar refractivity (Wildman–Crippen MR) is 141 cm³/mol. The molecule has 0 amide bonds.